The minimum Gasteiger partial charge on any atom is -0.489 e. The molecule has 1 fully saturated rings. The molecular weight excluding hydrogens is 334 g/mol. The van der Waals surface area contributed by atoms with Gasteiger partial charge in [0.2, 0.25) is 0 Å². The van der Waals surface area contributed by atoms with Gasteiger partial charge in [-0.1, -0.05) is 54.6 Å². The van der Waals surface area contributed by atoms with Gasteiger partial charge in [0.1, 0.15) is 18.1 Å². The Morgan fingerprint density at radius 3 is 1.96 bits per heavy atom. The van der Waals surface area contributed by atoms with Crippen LogP contribution in [0.25, 0.3) is 11.1 Å². The molecule has 1 aliphatic rings. The zero-order chi connectivity index (χ0) is 18.5. The lowest BCUT2D eigenvalue weighted by atomic mass is 10.0. The van der Waals surface area contributed by atoms with Crippen molar-refractivity contribution >= 4 is 11.5 Å². The van der Waals surface area contributed by atoms with E-state index in [0.717, 1.165) is 24.4 Å². The first kappa shape index (κ1) is 17.3. The number of carbonyl (C=O) groups excluding carboxylic acids is 1. The van der Waals surface area contributed by atoms with Crippen molar-refractivity contribution in [1.82, 2.24) is 0 Å². The predicted octanol–water partition coefficient (Wildman–Crippen LogP) is 5.10. The number of rotatable bonds is 5. The first-order chi connectivity index (χ1) is 13.3. The third-order valence-corrected chi connectivity index (χ3v) is 4.99. The molecule has 0 aromatic heterocycles. The van der Waals surface area contributed by atoms with Gasteiger partial charge in [-0.15, -0.1) is 0 Å². The maximum absolute atomic E-state index is 11.4. The fourth-order valence-corrected chi connectivity index (χ4v) is 3.36. The van der Waals surface area contributed by atoms with Crippen LogP contribution in [0.5, 0.6) is 5.75 Å². The van der Waals surface area contributed by atoms with Crippen molar-refractivity contribution in [3.05, 3.63) is 84.4 Å². The minimum absolute atomic E-state index is 0.373. The molecule has 1 saturated heterocycles. The molecule has 0 aliphatic carbocycles. The monoisotopic (exact) mass is 357 g/mol. The second-order valence-electron chi connectivity index (χ2n) is 6.87. The van der Waals surface area contributed by atoms with Crippen LogP contribution in [-0.2, 0) is 11.4 Å². The summed E-state index contributed by atoms with van der Waals surface area (Å²) in [6.07, 6.45) is 1.32. The largest absolute Gasteiger partial charge is 0.489 e. The van der Waals surface area contributed by atoms with E-state index < -0.39 is 0 Å². The summed E-state index contributed by atoms with van der Waals surface area (Å²) in [5.74, 6) is 1.25. The lowest BCUT2D eigenvalue weighted by Crippen LogP contribution is -2.33. The Labute approximate surface area is 160 Å². The topological polar surface area (TPSA) is 29.5 Å². The molecule has 3 heteroatoms. The summed E-state index contributed by atoms with van der Waals surface area (Å²) in [5.41, 5.74) is 4.70. The molecule has 0 saturated carbocycles. The second-order valence-corrected chi connectivity index (χ2v) is 6.87. The molecule has 0 spiro atoms. The van der Waals surface area contributed by atoms with Gasteiger partial charge in [0.25, 0.3) is 0 Å². The van der Waals surface area contributed by atoms with Crippen LogP contribution in [0.1, 0.15) is 18.4 Å². The molecule has 0 radical (unpaired) electrons. The van der Waals surface area contributed by atoms with Gasteiger partial charge in [-0.3, -0.25) is 4.79 Å². The summed E-state index contributed by atoms with van der Waals surface area (Å²) >= 11 is 0. The number of nitrogens with zero attached hydrogens (tertiary/aromatic N) is 1. The number of hydrogen-bond donors (Lipinski definition) is 0. The van der Waals surface area contributed by atoms with Crippen molar-refractivity contribution in [3.8, 4) is 16.9 Å². The highest BCUT2D eigenvalue weighted by molar-refractivity contribution is 5.81. The first-order valence-electron chi connectivity index (χ1n) is 9.42. The standard InChI is InChI=1S/C24H23NO2/c26-23-14-16-25(17-15-23)22-10-6-20(7-11-22)21-8-12-24(13-9-21)27-18-19-4-2-1-3-5-19/h1-13H,14-18H2. The second kappa shape index (κ2) is 8.09. The Balaban J connectivity index is 1.39. The summed E-state index contributed by atoms with van der Waals surface area (Å²) < 4.78 is 5.86. The van der Waals surface area contributed by atoms with Crippen molar-refractivity contribution in [2.75, 3.05) is 18.0 Å². The molecule has 3 aromatic carbocycles. The normalized spacial score (nSPS) is 14.2. The zero-order valence-corrected chi connectivity index (χ0v) is 15.3. The molecule has 0 N–H and O–H groups in total. The SMILES string of the molecule is O=C1CCN(c2ccc(-c3ccc(OCc4ccccc4)cc3)cc2)CC1. The van der Waals surface area contributed by atoms with Crippen LogP contribution in [0, 0.1) is 0 Å². The Morgan fingerprint density at radius 1 is 0.741 bits per heavy atom. The average molecular weight is 357 g/mol. The molecule has 27 heavy (non-hydrogen) atoms. The smallest absolute Gasteiger partial charge is 0.136 e. The number of Topliss-reactive ketones (excluding diaryl/α,β-unsaturated/α-hetero) is 1. The average Bonchev–Trinajstić information content (AvgIpc) is 2.74. The minimum atomic E-state index is 0.373. The maximum atomic E-state index is 11.4. The summed E-state index contributed by atoms with van der Waals surface area (Å²) in [5, 5.41) is 0. The summed E-state index contributed by atoms with van der Waals surface area (Å²) in [6.45, 7) is 2.23. The Kier molecular flexibility index (Phi) is 5.20. The van der Waals surface area contributed by atoms with E-state index in [1.807, 2.05) is 30.3 Å². The molecule has 0 amide bonds. The molecule has 0 unspecified atom stereocenters. The number of carbonyl (C=O) groups is 1. The highest BCUT2D eigenvalue weighted by atomic mass is 16.5. The number of hydrogen-bond acceptors (Lipinski definition) is 3. The van der Waals surface area contributed by atoms with E-state index in [0.29, 0.717) is 25.2 Å². The molecule has 4 rings (SSSR count). The summed E-state index contributed by atoms with van der Waals surface area (Å²) in [4.78, 5) is 13.7. The lowest BCUT2D eigenvalue weighted by Gasteiger charge is -2.28. The van der Waals surface area contributed by atoms with E-state index >= 15 is 0 Å². The van der Waals surface area contributed by atoms with Crippen LogP contribution in [0.3, 0.4) is 0 Å². The number of piperidine rings is 1. The fraction of sp³-hybridized carbons (Fsp3) is 0.208. The van der Waals surface area contributed by atoms with Gasteiger partial charge in [0.05, 0.1) is 0 Å². The number of benzene rings is 3. The third kappa shape index (κ3) is 4.37. The van der Waals surface area contributed by atoms with Gasteiger partial charge < -0.3 is 9.64 Å². The first-order valence-corrected chi connectivity index (χ1v) is 9.42. The fourth-order valence-electron chi connectivity index (χ4n) is 3.36. The molecule has 1 heterocycles. The summed E-state index contributed by atoms with van der Waals surface area (Å²) in [6, 6.07) is 27.0. The van der Waals surface area contributed by atoms with E-state index in [2.05, 4.69) is 53.4 Å². The molecule has 136 valence electrons. The molecule has 0 atom stereocenters. The number of ketones is 1. The number of anilines is 1. The van der Waals surface area contributed by atoms with E-state index in [1.165, 1.54) is 16.8 Å². The van der Waals surface area contributed by atoms with Crippen LogP contribution in [-0.4, -0.2) is 18.9 Å². The Morgan fingerprint density at radius 2 is 1.33 bits per heavy atom. The van der Waals surface area contributed by atoms with Crippen LogP contribution in [0.4, 0.5) is 5.69 Å². The highest BCUT2D eigenvalue weighted by Gasteiger charge is 2.16. The van der Waals surface area contributed by atoms with E-state index in [9.17, 15) is 4.79 Å². The highest BCUT2D eigenvalue weighted by Crippen LogP contribution is 2.26. The van der Waals surface area contributed by atoms with Crippen molar-refractivity contribution in [3.63, 3.8) is 0 Å². The quantitative estimate of drug-likeness (QED) is 0.636. The van der Waals surface area contributed by atoms with Gasteiger partial charge in [-0.2, -0.15) is 0 Å². The van der Waals surface area contributed by atoms with Crippen LogP contribution in [0.2, 0.25) is 0 Å². The predicted molar refractivity (Wildman–Crippen MR) is 109 cm³/mol. The Hall–Kier alpha value is -3.07. The lowest BCUT2D eigenvalue weighted by molar-refractivity contribution is -0.119. The molecule has 3 aromatic rings. The van der Waals surface area contributed by atoms with Crippen LogP contribution < -0.4 is 9.64 Å². The third-order valence-electron chi connectivity index (χ3n) is 4.99. The van der Waals surface area contributed by atoms with Gasteiger partial charge in [0, 0.05) is 31.6 Å². The summed E-state index contributed by atoms with van der Waals surface area (Å²) in [7, 11) is 0. The van der Waals surface area contributed by atoms with Crippen LogP contribution >= 0.6 is 0 Å². The Bertz CT molecular complexity index is 876. The zero-order valence-electron chi connectivity index (χ0n) is 15.3. The van der Waals surface area contributed by atoms with Crippen molar-refractivity contribution in [1.29, 1.82) is 0 Å². The molecule has 1 aliphatic heterocycles. The van der Waals surface area contributed by atoms with E-state index in [1.54, 1.807) is 0 Å². The van der Waals surface area contributed by atoms with E-state index in [-0.39, 0.29) is 0 Å². The van der Waals surface area contributed by atoms with Crippen molar-refractivity contribution in [2.45, 2.75) is 19.4 Å². The molecular formula is C24H23NO2. The van der Waals surface area contributed by atoms with Crippen LogP contribution in [0.15, 0.2) is 78.9 Å². The number of ether oxygens (including phenoxy) is 1. The van der Waals surface area contributed by atoms with Crippen molar-refractivity contribution in [2.24, 2.45) is 0 Å². The van der Waals surface area contributed by atoms with Gasteiger partial charge in [-0.05, 0) is 41.0 Å². The van der Waals surface area contributed by atoms with E-state index in [4.69, 9.17) is 4.74 Å². The maximum Gasteiger partial charge on any atom is 0.136 e. The molecule has 3 nitrogen and oxygen atoms in total. The van der Waals surface area contributed by atoms with Gasteiger partial charge in [0.15, 0.2) is 0 Å². The van der Waals surface area contributed by atoms with Gasteiger partial charge >= 0.3 is 0 Å². The molecule has 0 bridgehead atoms. The van der Waals surface area contributed by atoms with Crippen molar-refractivity contribution < 1.29 is 9.53 Å². The van der Waals surface area contributed by atoms with Gasteiger partial charge in [-0.25, -0.2) is 0 Å².